The van der Waals surface area contributed by atoms with Gasteiger partial charge in [0.15, 0.2) is 5.37 Å². The summed E-state index contributed by atoms with van der Waals surface area (Å²) in [4.78, 5) is 11.0. The third-order valence-electron chi connectivity index (χ3n) is 4.65. The highest BCUT2D eigenvalue weighted by Gasteiger charge is 2.30. The van der Waals surface area contributed by atoms with E-state index in [9.17, 15) is 9.90 Å². The van der Waals surface area contributed by atoms with Crippen LogP contribution in [0.15, 0.2) is 66.7 Å². The number of hydrogen-bond acceptors (Lipinski definition) is 4. The summed E-state index contributed by atoms with van der Waals surface area (Å²) >= 11 is 1.63. The summed E-state index contributed by atoms with van der Waals surface area (Å²) in [5.41, 5.74) is 2.25. The van der Waals surface area contributed by atoms with E-state index in [-0.39, 0.29) is 5.37 Å². The van der Waals surface area contributed by atoms with Crippen LogP contribution in [0.4, 0.5) is 0 Å². The van der Waals surface area contributed by atoms with Crippen LogP contribution in [0.25, 0.3) is 10.8 Å². The number of rotatable bonds is 5. The summed E-state index contributed by atoms with van der Waals surface area (Å²) in [7, 11) is 0. The number of carbonyl (C=O) groups excluding carboxylic acids is 1. The van der Waals surface area contributed by atoms with E-state index in [1.165, 1.54) is 10.8 Å². The zero-order valence-electron chi connectivity index (χ0n) is 14.1. The molecule has 26 heavy (non-hydrogen) atoms. The topological polar surface area (TPSA) is 66.0 Å². The number of nitrogens with two attached hydrogens (primary N) is 1. The molecule has 0 radical (unpaired) electrons. The van der Waals surface area contributed by atoms with Gasteiger partial charge in [0.1, 0.15) is 24.4 Å². The van der Waals surface area contributed by atoms with E-state index >= 15 is 0 Å². The molecule has 2 N–H and O–H groups in total. The zero-order chi connectivity index (χ0) is 17.9. The Hall–Kier alpha value is -2.50. The van der Waals surface area contributed by atoms with Gasteiger partial charge in [-0.3, -0.25) is 0 Å². The van der Waals surface area contributed by atoms with Crippen LogP contribution < -0.4 is 15.2 Å². The molecular formula is C21H19NO3S. The van der Waals surface area contributed by atoms with Crippen molar-refractivity contribution in [3.8, 4) is 5.75 Å². The van der Waals surface area contributed by atoms with Gasteiger partial charge in [-0.25, -0.2) is 0 Å². The monoisotopic (exact) mass is 365 g/mol. The first kappa shape index (κ1) is 16.9. The van der Waals surface area contributed by atoms with Crippen LogP contribution in [0.3, 0.4) is 0 Å². The Morgan fingerprint density at radius 3 is 2.62 bits per heavy atom. The van der Waals surface area contributed by atoms with E-state index in [1.54, 1.807) is 11.8 Å². The number of carboxylic acids is 1. The van der Waals surface area contributed by atoms with Crippen LogP contribution in [-0.4, -0.2) is 17.8 Å². The average molecular weight is 365 g/mol. The van der Waals surface area contributed by atoms with Crippen LogP contribution in [0.1, 0.15) is 16.5 Å². The quantitative estimate of drug-likeness (QED) is 0.749. The van der Waals surface area contributed by atoms with Crippen LogP contribution in [0, 0.1) is 0 Å². The molecule has 0 aliphatic carbocycles. The summed E-state index contributed by atoms with van der Waals surface area (Å²) < 4.78 is 5.96. The first-order chi connectivity index (χ1) is 12.7. The van der Waals surface area contributed by atoms with Crippen LogP contribution >= 0.6 is 11.8 Å². The standard InChI is InChI=1S/C21H19NO3S/c23-21(24)19-13-26-20(22-19)15-8-10-17(11-9-15)25-12-16-6-3-5-14-4-1-2-7-18(14)16/h1-11,19-20,22H,12-13H2,(H,23,24)/t19-,20+/m0/s1. The van der Waals surface area contributed by atoms with Crippen molar-refractivity contribution in [2.24, 2.45) is 0 Å². The molecular weight excluding hydrogens is 346 g/mol. The largest absolute Gasteiger partial charge is 0.544 e. The van der Waals surface area contributed by atoms with Gasteiger partial charge in [0.2, 0.25) is 0 Å². The lowest BCUT2D eigenvalue weighted by Gasteiger charge is -2.12. The summed E-state index contributed by atoms with van der Waals surface area (Å²) in [6, 6.07) is 21.9. The molecule has 0 saturated carbocycles. The molecule has 132 valence electrons. The van der Waals surface area contributed by atoms with Gasteiger partial charge in [-0.15, -0.1) is 0 Å². The molecule has 1 aliphatic heterocycles. The first-order valence-electron chi connectivity index (χ1n) is 8.57. The summed E-state index contributed by atoms with van der Waals surface area (Å²) in [6.45, 7) is 0.512. The molecule has 4 nitrogen and oxygen atoms in total. The van der Waals surface area contributed by atoms with E-state index in [2.05, 4.69) is 24.3 Å². The lowest BCUT2D eigenvalue weighted by molar-refractivity contribution is -0.690. The molecule has 1 saturated heterocycles. The molecule has 3 aromatic rings. The molecule has 0 amide bonds. The van der Waals surface area contributed by atoms with E-state index < -0.39 is 12.0 Å². The Kier molecular flexibility index (Phi) is 4.82. The molecule has 1 fully saturated rings. The van der Waals surface area contributed by atoms with E-state index in [1.807, 2.05) is 47.8 Å². The molecule has 4 rings (SSSR count). The number of ether oxygens (including phenoxy) is 1. The predicted octanol–water partition coefficient (Wildman–Crippen LogP) is 1.85. The Balaban J connectivity index is 1.42. The Labute approximate surface area is 156 Å². The first-order valence-corrected chi connectivity index (χ1v) is 9.62. The molecule has 0 unspecified atom stereocenters. The van der Waals surface area contributed by atoms with Crippen molar-refractivity contribution in [2.45, 2.75) is 18.0 Å². The second kappa shape index (κ2) is 7.40. The molecule has 5 heteroatoms. The SMILES string of the molecule is O=C([O-])[C@@H]1CS[C@H](c2ccc(OCc3cccc4ccccc34)cc2)[NH2+]1. The molecule has 2 atom stereocenters. The highest BCUT2D eigenvalue weighted by molar-refractivity contribution is 7.99. The fourth-order valence-corrected chi connectivity index (χ4v) is 4.53. The molecule has 0 bridgehead atoms. The predicted molar refractivity (Wildman–Crippen MR) is 101 cm³/mol. The second-order valence-electron chi connectivity index (χ2n) is 6.37. The van der Waals surface area contributed by atoms with Crippen molar-refractivity contribution in [1.29, 1.82) is 0 Å². The maximum absolute atomic E-state index is 11.0. The third kappa shape index (κ3) is 3.54. The van der Waals surface area contributed by atoms with Crippen molar-refractivity contribution >= 4 is 28.5 Å². The van der Waals surface area contributed by atoms with E-state index in [0.717, 1.165) is 16.9 Å². The van der Waals surface area contributed by atoms with Gasteiger partial charge in [0.25, 0.3) is 0 Å². The maximum atomic E-state index is 11.0. The maximum Gasteiger partial charge on any atom is 0.159 e. The van der Waals surface area contributed by atoms with Gasteiger partial charge in [0, 0.05) is 5.56 Å². The van der Waals surface area contributed by atoms with Gasteiger partial charge < -0.3 is 20.0 Å². The summed E-state index contributed by atoms with van der Waals surface area (Å²) in [5, 5.41) is 15.3. The van der Waals surface area contributed by atoms with Crippen LogP contribution in [0.5, 0.6) is 5.75 Å². The molecule has 3 aromatic carbocycles. The van der Waals surface area contributed by atoms with E-state index in [4.69, 9.17) is 4.74 Å². The third-order valence-corrected chi connectivity index (χ3v) is 5.99. The minimum atomic E-state index is -0.991. The van der Waals surface area contributed by atoms with Crippen molar-refractivity contribution in [1.82, 2.24) is 0 Å². The number of benzene rings is 3. The van der Waals surface area contributed by atoms with Crippen molar-refractivity contribution in [3.05, 3.63) is 77.9 Å². The number of fused-ring (bicyclic) bond motifs is 1. The van der Waals surface area contributed by atoms with Gasteiger partial charge in [0.05, 0.1) is 5.75 Å². The highest BCUT2D eigenvalue weighted by atomic mass is 32.2. The minimum absolute atomic E-state index is 0.102. The molecule has 0 spiro atoms. The van der Waals surface area contributed by atoms with Crippen LogP contribution in [-0.2, 0) is 11.4 Å². The smallest absolute Gasteiger partial charge is 0.159 e. The van der Waals surface area contributed by atoms with Gasteiger partial charge in [-0.05, 0) is 40.6 Å². The van der Waals surface area contributed by atoms with Crippen molar-refractivity contribution in [2.75, 3.05) is 5.75 Å². The van der Waals surface area contributed by atoms with Crippen molar-refractivity contribution < 1.29 is 20.0 Å². The average Bonchev–Trinajstić information content (AvgIpc) is 3.17. The number of quaternary nitrogens is 1. The Morgan fingerprint density at radius 2 is 1.85 bits per heavy atom. The molecule has 1 aliphatic rings. The summed E-state index contributed by atoms with van der Waals surface area (Å²) in [5.74, 6) is 0.392. The second-order valence-corrected chi connectivity index (χ2v) is 7.54. The fraction of sp³-hybridized carbons (Fsp3) is 0.190. The highest BCUT2D eigenvalue weighted by Crippen LogP contribution is 2.28. The Bertz CT molecular complexity index is 921. The van der Waals surface area contributed by atoms with E-state index in [0.29, 0.717) is 12.4 Å². The molecule has 1 heterocycles. The minimum Gasteiger partial charge on any atom is -0.544 e. The van der Waals surface area contributed by atoms with Gasteiger partial charge in [-0.1, -0.05) is 54.2 Å². The fourth-order valence-electron chi connectivity index (χ4n) is 3.22. The number of aliphatic carboxylic acids is 1. The number of carboxylic acid groups (broad SMARTS) is 1. The summed E-state index contributed by atoms with van der Waals surface area (Å²) in [6.07, 6.45) is 0. The van der Waals surface area contributed by atoms with Gasteiger partial charge in [-0.2, -0.15) is 0 Å². The van der Waals surface area contributed by atoms with Gasteiger partial charge >= 0.3 is 0 Å². The number of hydrogen-bond donors (Lipinski definition) is 1. The molecule has 0 aromatic heterocycles. The Morgan fingerprint density at radius 1 is 1.08 bits per heavy atom. The zero-order valence-corrected chi connectivity index (χ0v) is 14.9. The number of carbonyl (C=O) groups is 1. The lowest BCUT2D eigenvalue weighted by atomic mass is 10.1. The number of thioether (sulfide) groups is 1. The lowest BCUT2D eigenvalue weighted by Crippen LogP contribution is -2.90. The van der Waals surface area contributed by atoms with Crippen LogP contribution in [0.2, 0.25) is 0 Å². The normalized spacial score (nSPS) is 19.5. The van der Waals surface area contributed by atoms with Crippen molar-refractivity contribution in [3.63, 3.8) is 0 Å².